The van der Waals surface area contributed by atoms with E-state index in [4.69, 9.17) is 9.47 Å². The lowest BCUT2D eigenvalue weighted by atomic mass is 9.83. The van der Waals surface area contributed by atoms with Crippen LogP contribution in [0.2, 0.25) is 0 Å². The van der Waals surface area contributed by atoms with E-state index in [1.807, 2.05) is 24.3 Å². The molecule has 0 radical (unpaired) electrons. The van der Waals surface area contributed by atoms with Crippen molar-refractivity contribution in [2.24, 2.45) is 10.8 Å². The molecule has 2 aromatic rings. The van der Waals surface area contributed by atoms with Gasteiger partial charge in [0.15, 0.2) is 0 Å². The maximum atomic E-state index is 14.5. The van der Waals surface area contributed by atoms with Gasteiger partial charge in [0.25, 0.3) is 0 Å². The summed E-state index contributed by atoms with van der Waals surface area (Å²) in [4.78, 5) is 86.7. The Bertz CT molecular complexity index is 2190. The van der Waals surface area contributed by atoms with Crippen LogP contribution in [-0.4, -0.2) is 143 Å². The van der Waals surface area contributed by atoms with Crippen LogP contribution in [0.4, 0.5) is 0 Å². The second-order valence-corrected chi connectivity index (χ2v) is 25.3. The summed E-state index contributed by atoms with van der Waals surface area (Å²) in [6, 6.07) is 12.0. The molecule has 6 aliphatic rings. The molecule has 2 aromatic carbocycles. The van der Waals surface area contributed by atoms with Gasteiger partial charge in [0.1, 0.15) is 24.2 Å². The van der Waals surface area contributed by atoms with Crippen molar-refractivity contribution >= 4 is 59.0 Å². The average Bonchev–Trinajstić information content (AvgIpc) is 4.02. The van der Waals surface area contributed by atoms with Gasteiger partial charge in [-0.05, 0) is 111 Å². The molecule has 0 saturated carbocycles. The Hall–Kier alpha value is -4.20. The lowest BCUT2D eigenvalue weighted by molar-refractivity contribution is -0.144. The number of nitrogens with one attached hydrogen (secondary N) is 6. The normalized spacial score (nSPS) is 29.5. The van der Waals surface area contributed by atoms with Gasteiger partial charge in [-0.25, -0.2) is 0 Å². The molecule has 4 heterocycles. The zero-order valence-electron chi connectivity index (χ0n) is 44.8. The van der Waals surface area contributed by atoms with Gasteiger partial charge in [-0.3, -0.25) is 28.8 Å². The maximum absolute atomic E-state index is 14.5. The van der Waals surface area contributed by atoms with Crippen LogP contribution in [0.3, 0.4) is 0 Å². The Kier molecular flexibility index (Phi) is 18.5. The molecule has 0 spiro atoms. The molecule has 0 aromatic heterocycles. The number of amides is 6. The van der Waals surface area contributed by atoms with E-state index in [2.05, 4.69) is 83.9 Å². The first kappa shape index (κ1) is 56.0. The van der Waals surface area contributed by atoms with Crippen molar-refractivity contribution in [3.63, 3.8) is 0 Å². The van der Waals surface area contributed by atoms with Gasteiger partial charge in [-0.2, -0.15) is 0 Å². The van der Waals surface area contributed by atoms with Crippen LogP contribution < -0.4 is 31.9 Å². The first-order valence-electron chi connectivity index (χ1n) is 27.3. The van der Waals surface area contributed by atoms with Crippen molar-refractivity contribution in [2.75, 3.05) is 38.8 Å². The third kappa shape index (κ3) is 12.3. The third-order valence-electron chi connectivity index (χ3n) is 16.5. The highest BCUT2D eigenvalue weighted by molar-refractivity contribution is 8.00. The minimum Gasteiger partial charge on any atom is -0.375 e. The highest BCUT2D eigenvalue weighted by atomic mass is 32.2. The van der Waals surface area contributed by atoms with Crippen LogP contribution >= 0.6 is 23.5 Å². The summed E-state index contributed by atoms with van der Waals surface area (Å²) in [5, 5.41) is 18.3. The molecule has 12 atom stereocenters. The summed E-state index contributed by atoms with van der Waals surface area (Å²) in [6.07, 6.45) is 9.26. The van der Waals surface area contributed by atoms with Gasteiger partial charge < -0.3 is 51.2 Å². The average molecular weight is 1060 g/mol. The highest BCUT2D eigenvalue weighted by Crippen LogP contribution is 2.48. The summed E-state index contributed by atoms with van der Waals surface area (Å²) < 4.78 is 13.2. The van der Waals surface area contributed by atoms with Gasteiger partial charge >= 0.3 is 0 Å². The standard InChI is InChI=1S/C56H82N8O8S2/c1-33(57-7)49(65)59-39-23-27-73-43-31-55(3,4)47(63(43)53(39)69)51(67)61-45-37-21-15-13-19-35(37)29-41(45)71-25-17-11-9-10-12-18-26-72-42-30-36-20-14-16-22-38(36)46(42)62-52(68)48-56(5,6)32-44-64(48)54(70)40(24-28-74-44)60-50(66)34(2)58-8/h13-16,19-22,33-34,39-48,57-58H,9-12,17-18,23-32H2,1-8H3,(H,59,65)(H,60,66)(H,61,67)(H,62,68)/t33-,34-,39-,40+,41-,42-,43?,44?,45+,46+,47+,48-/m0/s1. The van der Waals surface area contributed by atoms with Crippen molar-refractivity contribution in [3.05, 3.63) is 70.8 Å². The molecule has 74 heavy (non-hydrogen) atoms. The number of rotatable bonds is 21. The number of unbranched alkanes of at least 4 members (excludes halogenated alkanes) is 5. The number of ether oxygens (including phenoxy) is 2. The zero-order chi connectivity index (χ0) is 52.9. The second-order valence-electron chi connectivity index (χ2n) is 22.8. The van der Waals surface area contributed by atoms with Crippen LogP contribution in [0.1, 0.15) is 140 Å². The maximum Gasteiger partial charge on any atom is 0.246 e. The summed E-state index contributed by atoms with van der Waals surface area (Å²) >= 11 is 3.38. The molecule has 18 heteroatoms. The molecule has 2 aliphatic carbocycles. The molecule has 6 N–H and O–H groups in total. The predicted molar refractivity (Wildman–Crippen MR) is 290 cm³/mol. The van der Waals surface area contributed by atoms with Gasteiger partial charge in [-0.15, -0.1) is 23.5 Å². The number of hydrogen-bond donors (Lipinski definition) is 6. The Morgan fingerprint density at radius 3 is 1.36 bits per heavy atom. The number of carbonyl (C=O) groups is 6. The predicted octanol–water partition coefficient (Wildman–Crippen LogP) is 5.29. The molecule has 8 rings (SSSR count). The van der Waals surface area contributed by atoms with Crippen LogP contribution in [-0.2, 0) is 51.1 Å². The fourth-order valence-electron chi connectivity index (χ4n) is 12.2. The van der Waals surface area contributed by atoms with Crippen molar-refractivity contribution in [1.82, 2.24) is 41.7 Å². The van der Waals surface area contributed by atoms with Crippen LogP contribution in [0.5, 0.6) is 0 Å². The molecule has 0 bridgehead atoms. The summed E-state index contributed by atoms with van der Waals surface area (Å²) in [7, 11) is 3.43. The molecular weight excluding hydrogens is 977 g/mol. The fourth-order valence-corrected chi connectivity index (χ4v) is 15.3. The van der Waals surface area contributed by atoms with Crippen LogP contribution in [0, 0.1) is 10.8 Å². The molecule has 4 saturated heterocycles. The number of benzene rings is 2. The number of nitrogens with zero attached hydrogens (tertiary/aromatic N) is 2. The van der Waals surface area contributed by atoms with E-state index >= 15 is 0 Å². The van der Waals surface area contributed by atoms with Gasteiger partial charge in [-0.1, -0.05) is 102 Å². The molecule has 2 unspecified atom stereocenters. The number of fused-ring (bicyclic) bond motifs is 4. The smallest absolute Gasteiger partial charge is 0.246 e. The Labute approximate surface area is 447 Å². The summed E-state index contributed by atoms with van der Waals surface area (Å²) in [6.45, 7) is 12.9. The Morgan fingerprint density at radius 1 is 0.595 bits per heavy atom. The summed E-state index contributed by atoms with van der Waals surface area (Å²) in [5.74, 6) is 0.189. The fraction of sp³-hybridized carbons (Fsp3) is 0.679. The monoisotopic (exact) mass is 1060 g/mol. The first-order valence-corrected chi connectivity index (χ1v) is 29.4. The molecule has 4 fully saturated rings. The van der Waals surface area contributed by atoms with Gasteiger partial charge in [0.05, 0.1) is 47.1 Å². The van der Waals surface area contributed by atoms with Crippen molar-refractivity contribution in [1.29, 1.82) is 0 Å². The molecule has 4 aliphatic heterocycles. The van der Waals surface area contributed by atoms with E-state index in [0.717, 1.165) is 60.8 Å². The van der Waals surface area contributed by atoms with Crippen molar-refractivity contribution < 1.29 is 38.2 Å². The molecular formula is C56H82N8O8S2. The number of carbonyl (C=O) groups excluding carboxylic acids is 6. The van der Waals surface area contributed by atoms with E-state index in [9.17, 15) is 28.8 Å². The van der Waals surface area contributed by atoms with Crippen LogP contribution in [0.15, 0.2) is 48.5 Å². The van der Waals surface area contributed by atoms with E-state index in [1.54, 1.807) is 61.3 Å². The quantitative estimate of drug-likeness (QED) is 0.0886. The minimum atomic E-state index is -0.693. The van der Waals surface area contributed by atoms with E-state index < -0.39 is 47.1 Å². The Balaban J connectivity index is 0.796. The SMILES string of the molecule is CN[C@@H](C)C(=O)N[C@H]1CCSC2CC(C)(C)[C@@H](C(=O)N[C@@H]3c4ccccc4C[C@@H]3OCCCCCCCCO[C@H]3Cc4ccccc4[C@H]3NC(=O)[C@@H]3N4C(=O)[C@H](NC(=O)[C@H](C)NC)CCSC4CC3(C)C)N2C1=O. The molecule has 6 amide bonds. The number of hydrogen-bond acceptors (Lipinski definition) is 12. The highest BCUT2D eigenvalue weighted by Gasteiger charge is 2.57. The van der Waals surface area contributed by atoms with E-state index in [0.29, 0.717) is 63.2 Å². The zero-order valence-corrected chi connectivity index (χ0v) is 46.5. The van der Waals surface area contributed by atoms with E-state index in [1.165, 1.54) is 0 Å². The third-order valence-corrected chi connectivity index (χ3v) is 19.0. The lowest BCUT2D eigenvalue weighted by Crippen LogP contribution is -2.58. The second kappa shape index (κ2) is 24.4. The minimum absolute atomic E-state index is 0.146. The van der Waals surface area contributed by atoms with E-state index in [-0.39, 0.29) is 70.5 Å². The van der Waals surface area contributed by atoms with Crippen molar-refractivity contribution in [2.45, 2.75) is 190 Å². The largest absolute Gasteiger partial charge is 0.375 e. The lowest BCUT2D eigenvalue weighted by Gasteiger charge is -2.35. The van der Waals surface area contributed by atoms with Gasteiger partial charge in [0.2, 0.25) is 35.4 Å². The summed E-state index contributed by atoms with van der Waals surface area (Å²) in [5.41, 5.74) is 3.46. The first-order chi connectivity index (χ1) is 35.4. The number of thioether (sulfide) groups is 2. The van der Waals surface area contributed by atoms with Gasteiger partial charge in [0, 0.05) is 26.1 Å². The van der Waals surface area contributed by atoms with Crippen molar-refractivity contribution in [3.8, 4) is 0 Å². The van der Waals surface area contributed by atoms with Crippen LogP contribution in [0.25, 0.3) is 0 Å². The topological polar surface area (TPSA) is 200 Å². The Morgan fingerprint density at radius 2 is 0.973 bits per heavy atom. The number of likely N-dealkylation sites (N-methyl/N-ethyl adjacent to an activating group) is 2. The molecule has 16 nitrogen and oxygen atoms in total. The molecule has 406 valence electrons.